The number of rotatable bonds is 6. The van der Waals surface area contributed by atoms with Crippen molar-refractivity contribution in [2.24, 2.45) is 5.73 Å². The Hall–Kier alpha value is -0.930. The van der Waals surface area contributed by atoms with Gasteiger partial charge in [-0.3, -0.25) is 9.88 Å². The number of hydrogen-bond acceptors (Lipinski definition) is 3. The monoisotopic (exact) mass is 207 g/mol. The van der Waals surface area contributed by atoms with E-state index in [9.17, 15) is 0 Å². The van der Waals surface area contributed by atoms with Crippen LogP contribution in [-0.4, -0.2) is 29.0 Å². The minimum atomic E-state index is 0.284. The lowest BCUT2D eigenvalue weighted by Crippen LogP contribution is -2.36. The fourth-order valence-electron chi connectivity index (χ4n) is 1.51. The molecule has 3 nitrogen and oxygen atoms in total. The van der Waals surface area contributed by atoms with Crippen molar-refractivity contribution in [1.82, 2.24) is 9.88 Å². The van der Waals surface area contributed by atoms with Gasteiger partial charge >= 0.3 is 0 Å². The third kappa shape index (κ3) is 4.40. The molecule has 0 aliphatic rings. The fourth-order valence-corrected chi connectivity index (χ4v) is 1.51. The molecule has 1 rings (SSSR count). The summed E-state index contributed by atoms with van der Waals surface area (Å²) in [4.78, 5) is 6.38. The van der Waals surface area contributed by atoms with Crippen LogP contribution in [0.1, 0.15) is 25.8 Å². The molecule has 0 radical (unpaired) electrons. The Morgan fingerprint density at radius 2 is 2.00 bits per heavy atom. The Balaban J connectivity index is 2.47. The zero-order chi connectivity index (χ0) is 11.1. The lowest BCUT2D eigenvalue weighted by atomic mass is 10.2. The molecule has 0 saturated heterocycles. The second kappa shape index (κ2) is 6.53. The number of nitrogens with two attached hydrogens (primary N) is 1. The van der Waals surface area contributed by atoms with Crippen LogP contribution in [-0.2, 0) is 6.54 Å². The van der Waals surface area contributed by atoms with Gasteiger partial charge in [0.2, 0.25) is 0 Å². The fraction of sp³-hybridized carbons (Fsp3) is 0.583. The van der Waals surface area contributed by atoms with E-state index in [0.29, 0.717) is 0 Å². The molecular weight excluding hydrogens is 186 g/mol. The minimum Gasteiger partial charge on any atom is -0.327 e. The summed E-state index contributed by atoms with van der Waals surface area (Å²) in [6.45, 7) is 7.27. The number of nitrogens with zero attached hydrogens (tertiary/aromatic N) is 2. The topological polar surface area (TPSA) is 42.1 Å². The molecular formula is C12H21N3. The lowest BCUT2D eigenvalue weighted by molar-refractivity contribution is 0.259. The van der Waals surface area contributed by atoms with Crippen LogP contribution >= 0.6 is 0 Å². The van der Waals surface area contributed by atoms with E-state index >= 15 is 0 Å². The highest BCUT2D eigenvalue weighted by Crippen LogP contribution is 2.04. The second-order valence-electron chi connectivity index (χ2n) is 3.85. The first-order valence-corrected chi connectivity index (χ1v) is 5.63. The highest BCUT2D eigenvalue weighted by molar-refractivity contribution is 5.09. The van der Waals surface area contributed by atoms with E-state index in [2.05, 4.69) is 35.9 Å². The average Bonchev–Trinajstić information content (AvgIpc) is 2.29. The van der Waals surface area contributed by atoms with Crippen LogP contribution in [0.4, 0.5) is 0 Å². The van der Waals surface area contributed by atoms with Crippen LogP contribution in [0.5, 0.6) is 0 Å². The van der Waals surface area contributed by atoms with Crippen molar-refractivity contribution in [2.75, 3.05) is 13.1 Å². The highest BCUT2D eigenvalue weighted by Gasteiger charge is 2.07. The van der Waals surface area contributed by atoms with Crippen molar-refractivity contribution in [3.8, 4) is 0 Å². The van der Waals surface area contributed by atoms with E-state index in [1.54, 1.807) is 0 Å². The molecule has 0 aromatic carbocycles. The molecule has 0 saturated carbocycles. The standard InChI is InChI=1S/C12H21N3/c1-3-12(13)10-15(4-2)9-11-5-7-14-8-6-11/h5-8,12H,3-4,9-10,13H2,1-2H3. The number of pyridine rings is 1. The molecule has 0 bridgehead atoms. The van der Waals surface area contributed by atoms with Crippen molar-refractivity contribution >= 4 is 0 Å². The maximum atomic E-state index is 5.95. The van der Waals surface area contributed by atoms with Crippen LogP contribution in [0, 0.1) is 0 Å². The van der Waals surface area contributed by atoms with Gasteiger partial charge in [-0.25, -0.2) is 0 Å². The van der Waals surface area contributed by atoms with E-state index in [1.165, 1.54) is 5.56 Å². The van der Waals surface area contributed by atoms with Gasteiger partial charge in [0.05, 0.1) is 0 Å². The number of aromatic nitrogens is 1. The van der Waals surface area contributed by atoms with Gasteiger partial charge in [-0.2, -0.15) is 0 Å². The summed E-state index contributed by atoms with van der Waals surface area (Å²) in [5.41, 5.74) is 7.25. The Labute approximate surface area is 92.3 Å². The molecule has 0 aliphatic heterocycles. The van der Waals surface area contributed by atoms with Gasteiger partial charge in [0.15, 0.2) is 0 Å². The van der Waals surface area contributed by atoms with Crippen molar-refractivity contribution in [1.29, 1.82) is 0 Å². The van der Waals surface area contributed by atoms with Gasteiger partial charge in [-0.15, -0.1) is 0 Å². The summed E-state index contributed by atoms with van der Waals surface area (Å²) in [5.74, 6) is 0. The highest BCUT2D eigenvalue weighted by atomic mass is 15.1. The largest absolute Gasteiger partial charge is 0.327 e. The normalized spacial score (nSPS) is 13.1. The maximum Gasteiger partial charge on any atom is 0.0271 e. The molecule has 15 heavy (non-hydrogen) atoms. The van der Waals surface area contributed by atoms with Crippen LogP contribution < -0.4 is 5.73 Å². The molecule has 1 heterocycles. The number of likely N-dealkylation sites (N-methyl/N-ethyl adjacent to an activating group) is 1. The lowest BCUT2D eigenvalue weighted by Gasteiger charge is -2.23. The molecule has 2 N–H and O–H groups in total. The predicted octanol–water partition coefficient (Wildman–Crippen LogP) is 1.64. The van der Waals surface area contributed by atoms with E-state index in [4.69, 9.17) is 5.73 Å². The number of hydrogen-bond donors (Lipinski definition) is 1. The molecule has 3 heteroatoms. The van der Waals surface area contributed by atoms with Crippen molar-refractivity contribution in [3.63, 3.8) is 0 Å². The molecule has 0 amide bonds. The van der Waals surface area contributed by atoms with Crippen LogP contribution in [0.15, 0.2) is 24.5 Å². The predicted molar refractivity (Wildman–Crippen MR) is 63.5 cm³/mol. The first-order valence-electron chi connectivity index (χ1n) is 5.63. The van der Waals surface area contributed by atoms with Crippen LogP contribution in [0.25, 0.3) is 0 Å². The van der Waals surface area contributed by atoms with Gasteiger partial charge in [-0.05, 0) is 30.7 Å². The van der Waals surface area contributed by atoms with Crippen molar-refractivity contribution in [3.05, 3.63) is 30.1 Å². The molecule has 0 fully saturated rings. The van der Waals surface area contributed by atoms with Crippen LogP contribution in [0.2, 0.25) is 0 Å². The summed E-state index contributed by atoms with van der Waals surface area (Å²) >= 11 is 0. The first-order chi connectivity index (χ1) is 7.26. The first kappa shape index (κ1) is 12.1. The summed E-state index contributed by atoms with van der Waals surface area (Å²) in [7, 11) is 0. The van der Waals surface area contributed by atoms with Crippen LogP contribution in [0.3, 0.4) is 0 Å². The molecule has 0 spiro atoms. The van der Waals surface area contributed by atoms with Gasteiger partial charge < -0.3 is 5.73 Å². The Morgan fingerprint density at radius 1 is 1.33 bits per heavy atom. The quantitative estimate of drug-likeness (QED) is 0.771. The molecule has 1 aromatic rings. The zero-order valence-electron chi connectivity index (χ0n) is 9.69. The molecule has 0 aliphatic carbocycles. The molecule has 1 aromatic heterocycles. The minimum absolute atomic E-state index is 0.284. The van der Waals surface area contributed by atoms with Gasteiger partial charge in [-0.1, -0.05) is 13.8 Å². The average molecular weight is 207 g/mol. The third-order valence-corrected chi connectivity index (χ3v) is 2.62. The summed E-state index contributed by atoms with van der Waals surface area (Å²) in [5, 5.41) is 0. The summed E-state index contributed by atoms with van der Waals surface area (Å²) < 4.78 is 0. The molecule has 84 valence electrons. The van der Waals surface area contributed by atoms with E-state index < -0.39 is 0 Å². The van der Waals surface area contributed by atoms with E-state index in [0.717, 1.165) is 26.1 Å². The summed E-state index contributed by atoms with van der Waals surface area (Å²) in [6, 6.07) is 4.40. The maximum absolute atomic E-state index is 5.95. The SMILES string of the molecule is CCC(N)CN(CC)Cc1ccncc1. The van der Waals surface area contributed by atoms with Crippen molar-refractivity contribution in [2.45, 2.75) is 32.9 Å². The van der Waals surface area contributed by atoms with Gasteiger partial charge in [0.25, 0.3) is 0 Å². The van der Waals surface area contributed by atoms with Gasteiger partial charge in [0, 0.05) is 31.5 Å². The molecule has 1 atom stereocenters. The van der Waals surface area contributed by atoms with E-state index in [1.807, 2.05) is 12.4 Å². The Kier molecular flexibility index (Phi) is 5.29. The molecule has 1 unspecified atom stereocenters. The van der Waals surface area contributed by atoms with Gasteiger partial charge in [0.1, 0.15) is 0 Å². The Morgan fingerprint density at radius 3 is 2.53 bits per heavy atom. The summed E-state index contributed by atoms with van der Waals surface area (Å²) in [6.07, 6.45) is 4.71. The Bertz CT molecular complexity index is 261. The van der Waals surface area contributed by atoms with Crippen molar-refractivity contribution < 1.29 is 0 Å². The zero-order valence-corrected chi connectivity index (χ0v) is 9.69. The third-order valence-electron chi connectivity index (χ3n) is 2.62. The second-order valence-corrected chi connectivity index (χ2v) is 3.85. The van der Waals surface area contributed by atoms with E-state index in [-0.39, 0.29) is 6.04 Å². The smallest absolute Gasteiger partial charge is 0.0271 e.